The number of carbonyl (C=O) groups excluding carboxylic acids is 1. The van der Waals surface area contributed by atoms with Gasteiger partial charge in [0.1, 0.15) is 5.75 Å². The van der Waals surface area contributed by atoms with Crippen molar-refractivity contribution in [1.29, 1.82) is 0 Å². The van der Waals surface area contributed by atoms with Gasteiger partial charge in [-0.05, 0) is 59.9 Å². The van der Waals surface area contributed by atoms with Crippen LogP contribution in [0.1, 0.15) is 36.0 Å². The van der Waals surface area contributed by atoms with Crippen molar-refractivity contribution in [3.8, 4) is 5.75 Å². The Morgan fingerprint density at radius 2 is 1.96 bits per heavy atom. The predicted octanol–water partition coefficient (Wildman–Crippen LogP) is 3.70. The summed E-state index contributed by atoms with van der Waals surface area (Å²) in [5.41, 5.74) is 2.82. The number of nitrogens with zero attached hydrogens (tertiary/aromatic N) is 1. The van der Waals surface area contributed by atoms with Crippen LogP contribution in [-0.4, -0.2) is 17.2 Å². The second kappa shape index (κ2) is 5.69. The fourth-order valence-electron chi connectivity index (χ4n) is 4.14. The van der Waals surface area contributed by atoms with Gasteiger partial charge in [0.05, 0.1) is 5.56 Å². The van der Waals surface area contributed by atoms with Gasteiger partial charge in [-0.3, -0.25) is 4.79 Å². The van der Waals surface area contributed by atoms with Crippen LogP contribution in [0.4, 0.5) is 0 Å². The molecule has 0 radical (unpaired) electrons. The van der Waals surface area contributed by atoms with Gasteiger partial charge in [0.15, 0.2) is 0 Å². The molecule has 2 fully saturated rings. The third kappa shape index (κ3) is 2.69. The Hall–Kier alpha value is -2.36. The van der Waals surface area contributed by atoms with Gasteiger partial charge in [-0.15, -0.1) is 0 Å². The highest BCUT2D eigenvalue weighted by molar-refractivity contribution is 6.01. The number of hydrogen-bond donors (Lipinski definition) is 2. The number of hydrogen-bond acceptors (Lipinski definition) is 3. The molecule has 0 aromatic heterocycles. The fraction of sp³-hybridized carbons (Fsp3) is 0.368. The largest absolute Gasteiger partial charge is 0.507 e. The first-order chi connectivity index (χ1) is 11.2. The molecule has 118 valence electrons. The van der Waals surface area contributed by atoms with Crippen LogP contribution in [0.5, 0.6) is 5.75 Å². The first-order valence-electron chi connectivity index (χ1n) is 8.26. The van der Waals surface area contributed by atoms with Crippen molar-refractivity contribution in [2.45, 2.75) is 25.7 Å². The molecule has 1 amide bonds. The molecule has 3 atom stereocenters. The molecule has 2 aromatic carbocycles. The normalized spacial score (nSPS) is 26.2. The van der Waals surface area contributed by atoms with Crippen molar-refractivity contribution in [1.82, 2.24) is 5.43 Å². The molecule has 2 aliphatic carbocycles. The number of rotatable bonds is 3. The Morgan fingerprint density at radius 3 is 2.65 bits per heavy atom. The van der Waals surface area contributed by atoms with E-state index in [2.05, 4.69) is 10.5 Å². The maximum atomic E-state index is 12.3. The summed E-state index contributed by atoms with van der Waals surface area (Å²) >= 11 is 0. The lowest BCUT2D eigenvalue weighted by molar-refractivity contribution is 0.0952. The van der Waals surface area contributed by atoms with Crippen molar-refractivity contribution in [2.24, 2.45) is 22.9 Å². The highest BCUT2D eigenvalue weighted by Crippen LogP contribution is 2.47. The number of nitrogens with one attached hydrogen (secondary N) is 1. The van der Waals surface area contributed by atoms with E-state index in [4.69, 9.17) is 0 Å². The highest BCUT2D eigenvalue weighted by Gasteiger charge is 2.38. The number of phenols is 1. The van der Waals surface area contributed by atoms with Gasteiger partial charge < -0.3 is 5.11 Å². The van der Waals surface area contributed by atoms with E-state index < -0.39 is 0 Å². The van der Waals surface area contributed by atoms with E-state index in [0.717, 1.165) is 22.6 Å². The van der Waals surface area contributed by atoms with Gasteiger partial charge in [-0.1, -0.05) is 30.7 Å². The number of benzene rings is 2. The quantitative estimate of drug-likeness (QED) is 0.671. The van der Waals surface area contributed by atoms with Gasteiger partial charge >= 0.3 is 0 Å². The summed E-state index contributed by atoms with van der Waals surface area (Å²) in [5.74, 6) is 1.72. The van der Waals surface area contributed by atoms with Crippen molar-refractivity contribution in [3.63, 3.8) is 0 Å². The van der Waals surface area contributed by atoms with Crippen LogP contribution >= 0.6 is 0 Å². The van der Waals surface area contributed by atoms with E-state index in [0.29, 0.717) is 5.92 Å². The Bertz CT molecular complexity index is 784. The Morgan fingerprint density at radius 1 is 1.17 bits per heavy atom. The molecule has 4 nitrogen and oxygen atoms in total. The standard InChI is InChI=1S/C19H20N2O2/c22-18-10-14-4-2-1-3-13(14)9-17(18)19(23)21-20-11-16-8-12-5-6-15(16)7-12/h1-4,9-12,15-16,22H,5-8H2,(H,21,23)/b20-11-/t12-,15+,16-/m1/s1. The zero-order chi connectivity index (χ0) is 15.8. The van der Waals surface area contributed by atoms with Gasteiger partial charge in [0.25, 0.3) is 5.91 Å². The molecule has 0 aliphatic heterocycles. The summed E-state index contributed by atoms with van der Waals surface area (Å²) in [7, 11) is 0. The topological polar surface area (TPSA) is 61.7 Å². The van der Waals surface area contributed by atoms with Crippen molar-refractivity contribution >= 4 is 22.9 Å². The molecular formula is C19H20N2O2. The number of amides is 1. The Kier molecular flexibility index (Phi) is 3.52. The number of aromatic hydroxyl groups is 1. The second-order valence-corrected chi connectivity index (χ2v) is 6.77. The average molecular weight is 308 g/mol. The molecule has 0 unspecified atom stereocenters. The van der Waals surface area contributed by atoms with Gasteiger partial charge in [-0.25, -0.2) is 5.43 Å². The molecule has 4 heteroatoms. The smallest absolute Gasteiger partial charge is 0.275 e. The summed E-state index contributed by atoms with van der Waals surface area (Å²) < 4.78 is 0. The molecule has 23 heavy (non-hydrogen) atoms. The van der Waals surface area contributed by atoms with Crippen LogP contribution in [0.3, 0.4) is 0 Å². The molecule has 2 bridgehead atoms. The molecular weight excluding hydrogens is 288 g/mol. The number of fused-ring (bicyclic) bond motifs is 3. The third-order valence-corrected chi connectivity index (χ3v) is 5.33. The van der Waals surface area contributed by atoms with Crippen molar-refractivity contribution < 1.29 is 9.90 Å². The van der Waals surface area contributed by atoms with E-state index in [9.17, 15) is 9.90 Å². The molecule has 2 aromatic rings. The van der Waals surface area contributed by atoms with E-state index in [1.54, 1.807) is 12.1 Å². The van der Waals surface area contributed by atoms with Crippen LogP contribution in [0, 0.1) is 17.8 Å². The fourth-order valence-corrected chi connectivity index (χ4v) is 4.14. The van der Waals surface area contributed by atoms with E-state index >= 15 is 0 Å². The maximum absolute atomic E-state index is 12.3. The highest BCUT2D eigenvalue weighted by atomic mass is 16.3. The first-order valence-corrected chi connectivity index (χ1v) is 8.26. The van der Waals surface area contributed by atoms with Crippen molar-refractivity contribution in [3.05, 3.63) is 42.0 Å². The zero-order valence-electron chi connectivity index (χ0n) is 12.9. The van der Waals surface area contributed by atoms with Crippen molar-refractivity contribution in [2.75, 3.05) is 0 Å². The van der Waals surface area contributed by atoms with Gasteiger partial charge in [0.2, 0.25) is 0 Å². The summed E-state index contributed by atoms with van der Waals surface area (Å²) in [5, 5.41) is 16.0. The van der Waals surface area contributed by atoms with Crippen LogP contribution in [0.15, 0.2) is 41.5 Å². The number of hydrazone groups is 1. The predicted molar refractivity (Wildman–Crippen MR) is 90.5 cm³/mol. The van der Waals surface area contributed by atoms with Crippen LogP contribution in [-0.2, 0) is 0 Å². The molecule has 0 spiro atoms. The summed E-state index contributed by atoms with van der Waals surface area (Å²) in [6.07, 6.45) is 7.05. The van der Waals surface area contributed by atoms with Gasteiger partial charge in [0, 0.05) is 6.21 Å². The lowest BCUT2D eigenvalue weighted by atomic mass is 9.90. The summed E-state index contributed by atoms with van der Waals surface area (Å²) in [6.45, 7) is 0. The van der Waals surface area contributed by atoms with Crippen LogP contribution in [0.2, 0.25) is 0 Å². The molecule has 2 saturated carbocycles. The molecule has 2 N–H and O–H groups in total. The van der Waals surface area contributed by atoms with E-state index in [-0.39, 0.29) is 17.2 Å². The number of carbonyl (C=O) groups is 1. The molecule has 0 saturated heterocycles. The Balaban J connectivity index is 1.47. The summed E-state index contributed by atoms with van der Waals surface area (Å²) in [4.78, 5) is 12.3. The minimum atomic E-state index is -0.368. The monoisotopic (exact) mass is 308 g/mol. The van der Waals surface area contributed by atoms with Crippen LogP contribution < -0.4 is 5.43 Å². The average Bonchev–Trinajstić information content (AvgIpc) is 3.17. The molecule has 2 aliphatic rings. The summed E-state index contributed by atoms with van der Waals surface area (Å²) in [6, 6.07) is 11.0. The zero-order valence-corrected chi connectivity index (χ0v) is 12.9. The van der Waals surface area contributed by atoms with E-state index in [1.165, 1.54) is 25.7 Å². The minimum absolute atomic E-state index is 0.0173. The van der Waals surface area contributed by atoms with Crippen LogP contribution in [0.25, 0.3) is 10.8 Å². The number of phenolic OH excluding ortho intramolecular Hbond substituents is 1. The Labute approximate surface area is 135 Å². The lowest BCUT2D eigenvalue weighted by Crippen LogP contribution is -2.20. The molecule has 4 rings (SSSR count). The molecule has 0 heterocycles. The second-order valence-electron chi connectivity index (χ2n) is 6.77. The first kappa shape index (κ1) is 14.2. The lowest BCUT2D eigenvalue weighted by Gasteiger charge is -2.16. The minimum Gasteiger partial charge on any atom is -0.507 e. The SMILES string of the molecule is O=C(N/N=C\[C@H]1C[C@@H]2CC[C@H]1C2)c1cc2ccccc2cc1O. The maximum Gasteiger partial charge on any atom is 0.275 e. The van der Waals surface area contributed by atoms with Gasteiger partial charge in [-0.2, -0.15) is 5.10 Å². The van der Waals surface area contributed by atoms with E-state index in [1.807, 2.05) is 30.5 Å². The third-order valence-electron chi connectivity index (χ3n) is 5.33.